The van der Waals surface area contributed by atoms with Gasteiger partial charge in [0.05, 0.1) is 0 Å². The van der Waals surface area contributed by atoms with Gasteiger partial charge in [-0.05, 0) is 6.07 Å². The highest BCUT2D eigenvalue weighted by atomic mass is 15.2. The average molecular weight is 201 g/mol. The molecule has 3 rings (SSSR count). The first-order chi connectivity index (χ1) is 7.45. The maximum atomic E-state index is 4.28. The van der Waals surface area contributed by atoms with Gasteiger partial charge in [0, 0.05) is 43.2 Å². The van der Waals surface area contributed by atoms with Gasteiger partial charge in [-0.25, -0.2) is 9.97 Å². The highest BCUT2D eigenvalue weighted by Gasteiger charge is 2.18. The van der Waals surface area contributed by atoms with E-state index in [4.69, 9.17) is 0 Å². The minimum atomic E-state index is 0.693. The first kappa shape index (κ1) is 8.55. The second-order valence-electron chi connectivity index (χ2n) is 3.53. The van der Waals surface area contributed by atoms with Crippen molar-refractivity contribution in [1.82, 2.24) is 25.5 Å². The van der Waals surface area contributed by atoms with E-state index in [1.165, 1.54) is 11.3 Å². The third-order valence-corrected chi connectivity index (χ3v) is 2.58. The van der Waals surface area contributed by atoms with Crippen molar-refractivity contribution in [2.45, 2.75) is 13.0 Å². The maximum Gasteiger partial charge on any atom is 0.180 e. The predicted molar refractivity (Wildman–Crippen MR) is 55.0 cm³/mol. The van der Waals surface area contributed by atoms with E-state index in [1.54, 1.807) is 18.5 Å². The lowest BCUT2D eigenvalue weighted by molar-refractivity contribution is 0.637. The molecule has 0 unspecified atom stereocenters. The summed E-state index contributed by atoms with van der Waals surface area (Å²) in [4.78, 5) is 8.42. The summed E-state index contributed by atoms with van der Waals surface area (Å²) in [5, 5.41) is 10.7. The molecule has 0 aromatic carbocycles. The molecule has 0 radical (unpaired) electrons. The van der Waals surface area contributed by atoms with Crippen molar-refractivity contribution in [1.29, 1.82) is 0 Å². The first-order valence-electron chi connectivity index (χ1n) is 4.99. The highest BCUT2D eigenvalue weighted by molar-refractivity contribution is 5.56. The number of aromatic nitrogens is 4. The Morgan fingerprint density at radius 2 is 2.07 bits per heavy atom. The molecule has 15 heavy (non-hydrogen) atoms. The van der Waals surface area contributed by atoms with Gasteiger partial charge >= 0.3 is 0 Å². The molecule has 5 nitrogen and oxygen atoms in total. The summed E-state index contributed by atoms with van der Waals surface area (Å²) in [6, 6.07) is 1.81. The lowest BCUT2D eigenvalue weighted by Crippen LogP contribution is -2.23. The normalized spacial score (nSPS) is 14.9. The fraction of sp³-hybridized carbons (Fsp3) is 0.300. The van der Waals surface area contributed by atoms with Gasteiger partial charge in [0.1, 0.15) is 5.69 Å². The van der Waals surface area contributed by atoms with Crippen LogP contribution in [0.4, 0.5) is 0 Å². The fourth-order valence-corrected chi connectivity index (χ4v) is 1.83. The second kappa shape index (κ2) is 3.43. The van der Waals surface area contributed by atoms with E-state index in [0.29, 0.717) is 5.82 Å². The number of aromatic amines is 1. The van der Waals surface area contributed by atoms with Crippen LogP contribution in [0.15, 0.2) is 18.5 Å². The standard InChI is InChI=1S/C10H11N5/c1-3-12-10(13-4-1)9-7-6-11-5-2-8(7)14-15-9/h1,3-4,11H,2,5-6H2,(H,14,15). The number of H-pyrrole nitrogens is 1. The molecule has 1 aliphatic rings. The molecule has 0 amide bonds. The van der Waals surface area contributed by atoms with Crippen molar-refractivity contribution < 1.29 is 0 Å². The molecule has 0 saturated heterocycles. The molecule has 2 aromatic heterocycles. The van der Waals surface area contributed by atoms with Gasteiger partial charge in [-0.2, -0.15) is 5.10 Å². The van der Waals surface area contributed by atoms with Gasteiger partial charge in [0.15, 0.2) is 5.82 Å². The summed E-state index contributed by atoms with van der Waals surface area (Å²) >= 11 is 0. The Bertz CT molecular complexity index is 462. The second-order valence-corrected chi connectivity index (χ2v) is 3.53. The van der Waals surface area contributed by atoms with Gasteiger partial charge < -0.3 is 5.32 Å². The molecule has 0 bridgehead atoms. The van der Waals surface area contributed by atoms with Crippen molar-refractivity contribution in [3.05, 3.63) is 29.7 Å². The zero-order valence-corrected chi connectivity index (χ0v) is 8.20. The smallest absolute Gasteiger partial charge is 0.180 e. The quantitative estimate of drug-likeness (QED) is 0.705. The van der Waals surface area contributed by atoms with E-state index >= 15 is 0 Å². The van der Waals surface area contributed by atoms with Gasteiger partial charge in [-0.15, -0.1) is 0 Å². The lowest BCUT2D eigenvalue weighted by Gasteiger charge is -2.12. The molecule has 76 valence electrons. The molecule has 2 N–H and O–H groups in total. The highest BCUT2D eigenvalue weighted by Crippen LogP contribution is 2.22. The summed E-state index contributed by atoms with van der Waals surface area (Å²) < 4.78 is 0. The lowest BCUT2D eigenvalue weighted by atomic mass is 10.1. The van der Waals surface area contributed by atoms with Crippen LogP contribution >= 0.6 is 0 Å². The number of fused-ring (bicyclic) bond motifs is 1. The summed E-state index contributed by atoms with van der Waals surface area (Å²) in [5.74, 6) is 0.693. The zero-order chi connectivity index (χ0) is 10.1. The Balaban J connectivity index is 2.09. The summed E-state index contributed by atoms with van der Waals surface area (Å²) in [7, 11) is 0. The van der Waals surface area contributed by atoms with Crippen LogP contribution in [0.25, 0.3) is 11.5 Å². The molecular formula is C10H11N5. The van der Waals surface area contributed by atoms with E-state index in [9.17, 15) is 0 Å². The van der Waals surface area contributed by atoms with Crippen LogP contribution in [-0.2, 0) is 13.0 Å². The van der Waals surface area contributed by atoms with Gasteiger partial charge in [0.2, 0.25) is 0 Å². The molecule has 5 heteroatoms. The minimum absolute atomic E-state index is 0.693. The van der Waals surface area contributed by atoms with Crippen LogP contribution in [0, 0.1) is 0 Å². The summed E-state index contributed by atoms with van der Waals surface area (Å²) in [5.41, 5.74) is 3.28. The third kappa shape index (κ3) is 1.41. The number of nitrogens with zero attached hydrogens (tertiary/aromatic N) is 3. The van der Waals surface area contributed by atoms with E-state index in [0.717, 1.165) is 25.2 Å². The average Bonchev–Trinajstić information content (AvgIpc) is 2.74. The van der Waals surface area contributed by atoms with E-state index < -0.39 is 0 Å². The van der Waals surface area contributed by atoms with E-state index in [2.05, 4.69) is 25.5 Å². The van der Waals surface area contributed by atoms with Crippen LogP contribution in [0.1, 0.15) is 11.3 Å². The Hall–Kier alpha value is -1.75. The van der Waals surface area contributed by atoms with Gasteiger partial charge in [-0.1, -0.05) is 0 Å². The van der Waals surface area contributed by atoms with Crippen molar-refractivity contribution in [3.8, 4) is 11.5 Å². The summed E-state index contributed by atoms with van der Waals surface area (Å²) in [6.45, 7) is 1.85. The largest absolute Gasteiger partial charge is 0.312 e. The monoisotopic (exact) mass is 201 g/mol. The third-order valence-electron chi connectivity index (χ3n) is 2.58. The molecule has 1 aliphatic heterocycles. The molecular weight excluding hydrogens is 190 g/mol. The van der Waals surface area contributed by atoms with Crippen molar-refractivity contribution in [3.63, 3.8) is 0 Å². The van der Waals surface area contributed by atoms with Crippen molar-refractivity contribution >= 4 is 0 Å². The van der Waals surface area contributed by atoms with Crippen LogP contribution < -0.4 is 5.32 Å². The number of hydrogen-bond acceptors (Lipinski definition) is 4. The van der Waals surface area contributed by atoms with Gasteiger partial charge in [0.25, 0.3) is 0 Å². The predicted octanol–water partition coefficient (Wildman–Crippen LogP) is 0.512. The zero-order valence-electron chi connectivity index (χ0n) is 8.20. The van der Waals surface area contributed by atoms with Crippen molar-refractivity contribution in [2.75, 3.05) is 6.54 Å². The molecule has 0 saturated carbocycles. The Morgan fingerprint density at radius 1 is 1.20 bits per heavy atom. The number of nitrogens with one attached hydrogen (secondary N) is 2. The van der Waals surface area contributed by atoms with Crippen LogP contribution in [0.5, 0.6) is 0 Å². The Labute approximate surface area is 87.0 Å². The van der Waals surface area contributed by atoms with E-state index in [-0.39, 0.29) is 0 Å². The topological polar surface area (TPSA) is 66.5 Å². The van der Waals surface area contributed by atoms with Crippen molar-refractivity contribution in [2.24, 2.45) is 0 Å². The number of rotatable bonds is 1. The first-order valence-corrected chi connectivity index (χ1v) is 4.99. The molecule has 0 atom stereocenters. The molecule has 0 aliphatic carbocycles. The van der Waals surface area contributed by atoms with Crippen LogP contribution in [0.2, 0.25) is 0 Å². The van der Waals surface area contributed by atoms with Crippen LogP contribution in [0.3, 0.4) is 0 Å². The van der Waals surface area contributed by atoms with Crippen LogP contribution in [-0.4, -0.2) is 26.7 Å². The molecule has 3 heterocycles. The maximum absolute atomic E-state index is 4.28. The summed E-state index contributed by atoms with van der Waals surface area (Å²) in [6.07, 6.45) is 4.47. The van der Waals surface area contributed by atoms with E-state index in [1.807, 2.05) is 0 Å². The Morgan fingerprint density at radius 3 is 2.93 bits per heavy atom. The minimum Gasteiger partial charge on any atom is -0.312 e. The molecule has 0 spiro atoms. The Kier molecular flexibility index (Phi) is 1.96. The fourth-order valence-electron chi connectivity index (χ4n) is 1.83. The molecule has 2 aromatic rings. The van der Waals surface area contributed by atoms with Gasteiger partial charge in [-0.3, -0.25) is 5.10 Å². The number of hydrogen-bond donors (Lipinski definition) is 2. The molecule has 0 fully saturated rings. The SMILES string of the molecule is c1cnc(-c2n[nH]c3c2CNCC3)nc1.